The Labute approximate surface area is 169 Å². The molecule has 0 bridgehead atoms. The van der Waals surface area contributed by atoms with E-state index in [1.54, 1.807) is 0 Å². The van der Waals surface area contributed by atoms with Crippen LogP contribution in [0.3, 0.4) is 0 Å². The molecule has 1 aromatic rings. The zero-order chi connectivity index (χ0) is 19.9. The summed E-state index contributed by atoms with van der Waals surface area (Å²) in [5.41, 5.74) is 2.73. The average Bonchev–Trinajstić information content (AvgIpc) is 2.65. The fourth-order valence-electron chi connectivity index (χ4n) is 6.39. The lowest BCUT2D eigenvalue weighted by Crippen LogP contribution is -2.61. The largest absolute Gasteiger partial charge is 0.493 e. The second-order valence-corrected chi connectivity index (χ2v) is 9.63. The van der Waals surface area contributed by atoms with Crippen LogP contribution in [-0.2, 0) is 9.47 Å². The smallest absolute Gasteiger partial charge is 0.155 e. The highest BCUT2D eigenvalue weighted by molar-refractivity contribution is 5.22. The molecule has 2 heterocycles. The highest BCUT2D eigenvalue weighted by Gasteiger charge is 2.59. The van der Waals surface area contributed by atoms with Gasteiger partial charge in [-0.3, -0.25) is 4.98 Å². The van der Waals surface area contributed by atoms with Crippen molar-refractivity contribution < 1.29 is 14.2 Å². The van der Waals surface area contributed by atoms with Crippen molar-refractivity contribution >= 4 is 0 Å². The molecule has 0 N–H and O–H groups in total. The van der Waals surface area contributed by atoms with Crippen molar-refractivity contribution in [3.63, 3.8) is 0 Å². The number of allylic oxidation sites excluding steroid dienone is 1. The fraction of sp³-hybridized carbons (Fsp3) is 0.708. The molecular formula is C24H35NO3. The van der Waals surface area contributed by atoms with Crippen LogP contribution >= 0.6 is 0 Å². The molecule has 0 amide bonds. The number of rotatable bonds is 4. The number of hydrogen-bond acceptors (Lipinski definition) is 4. The first-order valence-corrected chi connectivity index (χ1v) is 10.8. The van der Waals surface area contributed by atoms with Gasteiger partial charge in [-0.2, -0.15) is 0 Å². The van der Waals surface area contributed by atoms with Gasteiger partial charge in [-0.1, -0.05) is 26.0 Å². The van der Waals surface area contributed by atoms with Crippen LogP contribution in [0.1, 0.15) is 58.6 Å². The van der Waals surface area contributed by atoms with Gasteiger partial charge in [-0.15, -0.1) is 0 Å². The summed E-state index contributed by atoms with van der Waals surface area (Å²) in [5.74, 6) is 2.01. The molecule has 2 aliphatic carbocycles. The van der Waals surface area contributed by atoms with E-state index in [1.165, 1.54) is 18.4 Å². The first-order chi connectivity index (χ1) is 13.3. The summed E-state index contributed by atoms with van der Waals surface area (Å²) in [4.78, 5) is 4.25. The Hall–Kier alpha value is -1.39. The molecule has 3 aliphatic rings. The molecule has 0 aromatic carbocycles. The Morgan fingerprint density at radius 1 is 1.29 bits per heavy atom. The molecule has 1 aromatic heterocycles. The lowest BCUT2D eigenvalue weighted by molar-refractivity contribution is -0.297. The van der Waals surface area contributed by atoms with E-state index in [0.29, 0.717) is 17.9 Å². The second-order valence-electron chi connectivity index (χ2n) is 9.63. The molecule has 3 fully saturated rings. The van der Waals surface area contributed by atoms with Gasteiger partial charge in [-0.25, -0.2) is 0 Å². The van der Waals surface area contributed by atoms with Gasteiger partial charge in [0, 0.05) is 23.4 Å². The Balaban J connectivity index is 1.49. The third kappa shape index (κ3) is 3.39. The molecule has 4 nitrogen and oxygen atoms in total. The molecule has 1 aliphatic heterocycles. The van der Waals surface area contributed by atoms with Crippen molar-refractivity contribution in [3.05, 3.63) is 36.2 Å². The summed E-state index contributed by atoms with van der Waals surface area (Å²) in [7, 11) is 0. The number of aryl methyl sites for hydroxylation is 1. The van der Waals surface area contributed by atoms with Crippen molar-refractivity contribution in [2.24, 2.45) is 22.7 Å². The number of pyridine rings is 1. The van der Waals surface area contributed by atoms with E-state index >= 15 is 0 Å². The molecule has 6 atom stereocenters. The van der Waals surface area contributed by atoms with Crippen LogP contribution in [0.15, 0.2) is 30.5 Å². The van der Waals surface area contributed by atoms with Crippen LogP contribution < -0.4 is 4.74 Å². The molecule has 154 valence electrons. The second kappa shape index (κ2) is 7.46. The van der Waals surface area contributed by atoms with Crippen LogP contribution in [0, 0.1) is 29.6 Å². The number of ether oxygens (including phenoxy) is 3. The van der Waals surface area contributed by atoms with E-state index in [-0.39, 0.29) is 17.1 Å². The van der Waals surface area contributed by atoms with Crippen LogP contribution in [0.4, 0.5) is 0 Å². The standard InChI is InChI=1S/C24H35NO3/c1-16-6-7-21-23(4,11-8-22-24(21,5)15-27-18(3)28-22)20(16)10-13-26-19-9-12-25-17(2)14-19/h9,12,14,18,20-22H,1,6-8,10-11,13,15H2,2-5H3/t18?,20-,21?,22-,23+,24+/m1/s1. The van der Waals surface area contributed by atoms with Crippen LogP contribution in [-0.4, -0.2) is 30.6 Å². The Kier molecular flexibility index (Phi) is 5.30. The van der Waals surface area contributed by atoms with Crippen molar-refractivity contribution in [1.82, 2.24) is 4.98 Å². The van der Waals surface area contributed by atoms with Crippen LogP contribution in [0.2, 0.25) is 0 Å². The van der Waals surface area contributed by atoms with E-state index in [9.17, 15) is 0 Å². The first kappa shape index (κ1) is 19.9. The molecule has 4 rings (SSSR count). The summed E-state index contributed by atoms with van der Waals surface area (Å²) >= 11 is 0. The summed E-state index contributed by atoms with van der Waals surface area (Å²) in [5, 5.41) is 0. The highest BCUT2D eigenvalue weighted by Crippen LogP contribution is 2.63. The maximum Gasteiger partial charge on any atom is 0.155 e. The monoisotopic (exact) mass is 385 g/mol. The van der Waals surface area contributed by atoms with Crippen molar-refractivity contribution in [3.8, 4) is 5.75 Å². The van der Waals surface area contributed by atoms with Gasteiger partial charge < -0.3 is 14.2 Å². The molecular weight excluding hydrogens is 350 g/mol. The fourth-order valence-corrected chi connectivity index (χ4v) is 6.39. The average molecular weight is 386 g/mol. The van der Waals surface area contributed by atoms with Crippen molar-refractivity contribution in [2.75, 3.05) is 13.2 Å². The van der Waals surface area contributed by atoms with E-state index < -0.39 is 0 Å². The summed E-state index contributed by atoms with van der Waals surface area (Å²) in [6.45, 7) is 14.9. The van der Waals surface area contributed by atoms with Crippen molar-refractivity contribution in [1.29, 1.82) is 0 Å². The Morgan fingerprint density at radius 3 is 2.89 bits per heavy atom. The lowest BCUT2D eigenvalue weighted by Gasteiger charge is -2.62. The molecule has 1 saturated heterocycles. The quantitative estimate of drug-likeness (QED) is 0.659. The normalized spacial score (nSPS) is 40.5. The predicted molar refractivity (Wildman–Crippen MR) is 110 cm³/mol. The van der Waals surface area contributed by atoms with E-state index in [2.05, 4.69) is 25.4 Å². The van der Waals surface area contributed by atoms with Gasteiger partial charge in [-0.05, 0) is 69.3 Å². The van der Waals surface area contributed by atoms with Gasteiger partial charge in [0.15, 0.2) is 6.29 Å². The number of nitrogens with zero attached hydrogens (tertiary/aromatic N) is 1. The molecule has 28 heavy (non-hydrogen) atoms. The maximum atomic E-state index is 6.22. The third-order valence-corrected chi connectivity index (χ3v) is 7.84. The topological polar surface area (TPSA) is 40.6 Å². The minimum Gasteiger partial charge on any atom is -0.493 e. The Morgan fingerprint density at radius 2 is 2.11 bits per heavy atom. The van der Waals surface area contributed by atoms with Crippen molar-refractivity contribution in [2.45, 2.75) is 72.2 Å². The lowest BCUT2D eigenvalue weighted by atomic mass is 9.46. The number of fused-ring (bicyclic) bond motifs is 3. The zero-order valence-corrected chi connectivity index (χ0v) is 17.9. The predicted octanol–water partition coefficient (Wildman–Crippen LogP) is 5.31. The summed E-state index contributed by atoms with van der Waals surface area (Å²) < 4.78 is 18.3. The minimum atomic E-state index is -0.0750. The van der Waals surface area contributed by atoms with Gasteiger partial charge in [0.2, 0.25) is 0 Å². The summed E-state index contributed by atoms with van der Waals surface area (Å²) in [6.07, 6.45) is 7.70. The van der Waals surface area contributed by atoms with Crippen LogP contribution in [0.5, 0.6) is 5.75 Å². The van der Waals surface area contributed by atoms with E-state index in [4.69, 9.17) is 14.2 Å². The number of hydrogen-bond donors (Lipinski definition) is 0. The number of aromatic nitrogens is 1. The maximum absolute atomic E-state index is 6.22. The first-order valence-electron chi connectivity index (χ1n) is 10.8. The van der Waals surface area contributed by atoms with Gasteiger partial charge in [0.25, 0.3) is 0 Å². The van der Waals surface area contributed by atoms with Gasteiger partial charge in [0.05, 0.1) is 19.3 Å². The minimum absolute atomic E-state index is 0.0750. The third-order valence-electron chi connectivity index (χ3n) is 7.84. The molecule has 4 heteroatoms. The van der Waals surface area contributed by atoms with Crippen LogP contribution in [0.25, 0.3) is 0 Å². The highest BCUT2D eigenvalue weighted by atomic mass is 16.7. The van der Waals surface area contributed by atoms with Gasteiger partial charge >= 0.3 is 0 Å². The zero-order valence-electron chi connectivity index (χ0n) is 17.9. The van der Waals surface area contributed by atoms with Gasteiger partial charge in [0.1, 0.15) is 5.75 Å². The Bertz CT molecular complexity index is 734. The molecule has 2 unspecified atom stereocenters. The molecule has 0 radical (unpaired) electrons. The molecule has 0 spiro atoms. The SMILES string of the molecule is C=C1CCC2[C@]3(C)COC(C)O[C@@H]3CC[C@@]2(C)[C@@H]1CCOc1ccnc(C)c1. The van der Waals surface area contributed by atoms with E-state index in [1.807, 2.05) is 32.2 Å². The van der Waals surface area contributed by atoms with E-state index in [0.717, 1.165) is 43.9 Å². The molecule has 2 saturated carbocycles. The summed E-state index contributed by atoms with van der Waals surface area (Å²) in [6, 6.07) is 3.95.